The highest BCUT2D eigenvalue weighted by Crippen LogP contribution is 2.17. The number of aromatic nitrogens is 5. The van der Waals surface area contributed by atoms with Crippen molar-refractivity contribution < 1.29 is 0 Å². The summed E-state index contributed by atoms with van der Waals surface area (Å²) in [5.74, 6) is 2.01. The highest BCUT2D eigenvalue weighted by Gasteiger charge is 2.15. The van der Waals surface area contributed by atoms with Crippen molar-refractivity contribution in [3.63, 3.8) is 0 Å². The molecule has 0 saturated heterocycles. The van der Waals surface area contributed by atoms with Gasteiger partial charge in [0.15, 0.2) is 5.65 Å². The summed E-state index contributed by atoms with van der Waals surface area (Å²) >= 11 is 0. The Morgan fingerprint density at radius 3 is 3.10 bits per heavy atom. The van der Waals surface area contributed by atoms with Crippen molar-refractivity contribution in [1.82, 2.24) is 24.5 Å². The number of anilines is 1. The molecule has 6 heteroatoms. The Balaban J connectivity index is 1.55. The third-order valence-electron chi connectivity index (χ3n) is 3.59. The van der Waals surface area contributed by atoms with Gasteiger partial charge >= 0.3 is 0 Å². The van der Waals surface area contributed by atoms with Gasteiger partial charge in [0, 0.05) is 25.4 Å². The number of hydrogen-bond acceptors (Lipinski definition) is 5. The van der Waals surface area contributed by atoms with Gasteiger partial charge in [-0.1, -0.05) is 0 Å². The normalized spacial score (nSPS) is 13.6. The first-order valence-electron chi connectivity index (χ1n) is 6.75. The quantitative estimate of drug-likeness (QED) is 0.782. The Labute approximate surface area is 115 Å². The first-order valence-corrected chi connectivity index (χ1v) is 6.75. The fraction of sp³-hybridized carbons (Fsp3) is 0.286. The molecule has 0 aliphatic carbocycles. The molecule has 0 amide bonds. The lowest BCUT2D eigenvalue weighted by Gasteiger charge is -2.07. The van der Waals surface area contributed by atoms with Crippen LogP contribution < -0.4 is 5.32 Å². The minimum absolute atomic E-state index is 0.663. The number of fused-ring (bicyclic) bond motifs is 2. The first-order chi connectivity index (χ1) is 9.90. The molecule has 0 atom stereocenters. The van der Waals surface area contributed by atoms with Crippen LogP contribution in [0.25, 0.3) is 11.2 Å². The zero-order valence-electron chi connectivity index (χ0n) is 11.0. The van der Waals surface area contributed by atoms with Crippen molar-refractivity contribution in [2.45, 2.75) is 25.9 Å². The number of pyridine rings is 1. The molecular weight excluding hydrogens is 252 g/mol. The fourth-order valence-corrected chi connectivity index (χ4v) is 2.60. The van der Waals surface area contributed by atoms with E-state index in [9.17, 15) is 0 Å². The van der Waals surface area contributed by atoms with E-state index in [1.54, 1.807) is 12.4 Å². The van der Waals surface area contributed by atoms with Gasteiger partial charge < -0.3 is 9.88 Å². The maximum absolute atomic E-state index is 4.45. The van der Waals surface area contributed by atoms with E-state index < -0.39 is 0 Å². The molecule has 0 bridgehead atoms. The van der Waals surface area contributed by atoms with E-state index in [0.29, 0.717) is 5.65 Å². The molecule has 1 aliphatic rings. The Kier molecular flexibility index (Phi) is 2.58. The molecule has 3 aromatic heterocycles. The van der Waals surface area contributed by atoms with Gasteiger partial charge in [0.1, 0.15) is 17.2 Å². The minimum Gasteiger partial charge on any atom is -0.364 e. The van der Waals surface area contributed by atoms with E-state index in [1.807, 2.05) is 18.3 Å². The van der Waals surface area contributed by atoms with Crippen molar-refractivity contribution in [2.75, 3.05) is 5.32 Å². The minimum atomic E-state index is 0.663. The second-order valence-corrected chi connectivity index (χ2v) is 4.87. The maximum Gasteiger partial charge on any atom is 0.180 e. The van der Waals surface area contributed by atoms with Crippen LogP contribution in [0.3, 0.4) is 0 Å². The van der Waals surface area contributed by atoms with E-state index in [4.69, 9.17) is 0 Å². The molecule has 0 unspecified atom stereocenters. The monoisotopic (exact) mass is 266 g/mol. The summed E-state index contributed by atoms with van der Waals surface area (Å²) in [7, 11) is 0. The molecule has 4 rings (SSSR count). The average Bonchev–Trinajstić information content (AvgIpc) is 3.08. The number of aryl methyl sites for hydroxylation is 1. The second-order valence-electron chi connectivity index (χ2n) is 4.87. The van der Waals surface area contributed by atoms with Crippen LogP contribution in [0.15, 0.2) is 30.7 Å². The van der Waals surface area contributed by atoms with Crippen molar-refractivity contribution in [3.8, 4) is 0 Å². The topological polar surface area (TPSA) is 68.5 Å². The highest BCUT2D eigenvalue weighted by atomic mass is 15.1. The standard InChI is InChI=1S/C14H14N6/c1-2-13-18-9-10(20(13)7-1)8-17-12-4-3-11-14(19-12)16-6-5-15-11/h3-6,9H,1-2,7-8H2,(H,16,17,19). The highest BCUT2D eigenvalue weighted by molar-refractivity contribution is 5.71. The van der Waals surface area contributed by atoms with Gasteiger partial charge in [-0.25, -0.2) is 15.0 Å². The van der Waals surface area contributed by atoms with Gasteiger partial charge in [-0.15, -0.1) is 0 Å². The summed E-state index contributed by atoms with van der Waals surface area (Å²) in [4.78, 5) is 17.3. The third kappa shape index (κ3) is 1.89. The molecular formula is C14H14N6. The summed E-state index contributed by atoms with van der Waals surface area (Å²) in [5.41, 5.74) is 2.68. The summed E-state index contributed by atoms with van der Waals surface area (Å²) in [5, 5.41) is 3.33. The predicted octanol–water partition coefficient (Wildman–Crippen LogP) is 1.78. The summed E-state index contributed by atoms with van der Waals surface area (Å²) < 4.78 is 2.29. The molecule has 100 valence electrons. The van der Waals surface area contributed by atoms with Crippen LogP contribution in [0.2, 0.25) is 0 Å². The van der Waals surface area contributed by atoms with Gasteiger partial charge in [-0.2, -0.15) is 0 Å². The first kappa shape index (κ1) is 11.3. The van der Waals surface area contributed by atoms with Crippen molar-refractivity contribution >= 4 is 17.0 Å². The van der Waals surface area contributed by atoms with Crippen LogP contribution in [0, 0.1) is 0 Å². The lowest BCUT2D eigenvalue weighted by atomic mass is 10.3. The third-order valence-corrected chi connectivity index (χ3v) is 3.59. The lowest BCUT2D eigenvalue weighted by Crippen LogP contribution is -2.07. The van der Waals surface area contributed by atoms with Crippen LogP contribution in [0.4, 0.5) is 5.82 Å². The zero-order chi connectivity index (χ0) is 13.4. The van der Waals surface area contributed by atoms with E-state index in [1.165, 1.54) is 17.9 Å². The van der Waals surface area contributed by atoms with Gasteiger partial charge in [0.2, 0.25) is 0 Å². The number of nitrogens with zero attached hydrogens (tertiary/aromatic N) is 5. The molecule has 0 saturated carbocycles. The molecule has 0 radical (unpaired) electrons. The molecule has 4 heterocycles. The number of hydrogen-bond donors (Lipinski definition) is 1. The molecule has 0 spiro atoms. The van der Waals surface area contributed by atoms with Crippen LogP contribution in [0.5, 0.6) is 0 Å². The molecule has 6 nitrogen and oxygen atoms in total. The summed E-state index contributed by atoms with van der Waals surface area (Å²) in [6.07, 6.45) is 7.56. The number of nitrogens with one attached hydrogen (secondary N) is 1. The second kappa shape index (κ2) is 4.56. The van der Waals surface area contributed by atoms with Gasteiger partial charge in [-0.3, -0.25) is 4.98 Å². The van der Waals surface area contributed by atoms with Gasteiger partial charge in [0.25, 0.3) is 0 Å². The zero-order valence-corrected chi connectivity index (χ0v) is 11.0. The Morgan fingerprint density at radius 2 is 2.10 bits per heavy atom. The Bertz CT molecular complexity index is 763. The van der Waals surface area contributed by atoms with Crippen molar-refractivity contribution in [1.29, 1.82) is 0 Å². The molecule has 1 N–H and O–H groups in total. The summed E-state index contributed by atoms with van der Waals surface area (Å²) in [6, 6.07) is 3.86. The van der Waals surface area contributed by atoms with Crippen molar-refractivity contribution in [3.05, 3.63) is 42.2 Å². The van der Waals surface area contributed by atoms with Crippen LogP contribution in [0.1, 0.15) is 17.9 Å². The smallest absolute Gasteiger partial charge is 0.180 e. The number of imidazole rings is 1. The fourth-order valence-electron chi connectivity index (χ4n) is 2.60. The Morgan fingerprint density at radius 1 is 1.15 bits per heavy atom. The van der Waals surface area contributed by atoms with Crippen molar-refractivity contribution in [2.24, 2.45) is 0 Å². The molecule has 20 heavy (non-hydrogen) atoms. The SMILES string of the molecule is c1cnc2nc(NCc3cnc4n3CCC4)ccc2n1. The molecule has 0 fully saturated rings. The Hall–Kier alpha value is -2.50. The molecule has 0 aromatic carbocycles. The molecule has 1 aliphatic heterocycles. The van der Waals surface area contributed by atoms with E-state index in [-0.39, 0.29) is 0 Å². The summed E-state index contributed by atoms with van der Waals surface area (Å²) in [6.45, 7) is 1.80. The van der Waals surface area contributed by atoms with Crippen LogP contribution >= 0.6 is 0 Å². The molecule has 3 aromatic rings. The van der Waals surface area contributed by atoms with E-state index in [0.717, 1.165) is 30.8 Å². The lowest BCUT2D eigenvalue weighted by molar-refractivity contribution is 0.713. The van der Waals surface area contributed by atoms with Gasteiger partial charge in [0.05, 0.1) is 18.4 Å². The predicted molar refractivity (Wildman–Crippen MR) is 75.2 cm³/mol. The van der Waals surface area contributed by atoms with Crippen LogP contribution in [-0.2, 0) is 19.5 Å². The van der Waals surface area contributed by atoms with Gasteiger partial charge in [-0.05, 0) is 18.6 Å². The van der Waals surface area contributed by atoms with E-state index in [2.05, 4.69) is 29.8 Å². The maximum atomic E-state index is 4.45. The van der Waals surface area contributed by atoms with E-state index >= 15 is 0 Å². The number of rotatable bonds is 3. The largest absolute Gasteiger partial charge is 0.364 e. The van der Waals surface area contributed by atoms with Crippen LogP contribution in [-0.4, -0.2) is 24.5 Å². The average molecular weight is 266 g/mol.